The summed E-state index contributed by atoms with van der Waals surface area (Å²) in [6.45, 7) is 6.48. The molecule has 1 fully saturated rings. The summed E-state index contributed by atoms with van der Waals surface area (Å²) in [5.41, 5.74) is 3.48. The summed E-state index contributed by atoms with van der Waals surface area (Å²) in [6, 6.07) is 11.4. The Hall–Kier alpha value is -2.46. The van der Waals surface area contributed by atoms with Gasteiger partial charge in [-0.2, -0.15) is 0 Å². The highest BCUT2D eigenvalue weighted by molar-refractivity contribution is 5.95. The number of hydrogen-bond acceptors (Lipinski definition) is 3. The second-order valence-corrected chi connectivity index (χ2v) is 7.18. The quantitative estimate of drug-likeness (QED) is 0.818. The Kier molecular flexibility index (Phi) is 6.40. The maximum Gasteiger partial charge on any atom is 0.254 e. The molecule has 0 aliphatic heterocycles. The summed E-state index contributed by atoms with van der Waals surface area (Å²) in [6.07, 6.45) is 7.79. The third-order valence-corrected chi connectivity index (χ3v) is 5.27. The number of rotatable bonds is 6. The molecule has 2 atom stereocenters. The molecule has 142 valence electrons. The van der Waals surface area contributed by atoms with Crippen LogP contribution in [0.1, 0.15) is 54.9 Å². The van der Waals surface area contributed by atoms with Crippen molar-refractivity contribution in [3.63, 3.8) is 0 Å². The van der Waals surface area contributed by atoms with Gasteiger partial charge >= 0.3 is 0 Å². The SMILES string of the molecule is C=Cc1ccc(-c2ccc(C(=O)N(CCC)[C@@H]3CCCC[C@H]3O)cc2)nc1. The van der Waals surface area contributed by atoms with Gasteiger partial charge in [-0.05, 0) is 43.0 Å². The van der Waals surface area contributed by atoms with Crippen molar-refractivity contribution in [1.82, 2.24) is 9.88 Å². The van der Waals surface area contributed by atoms with E-state index in [1.807, 2.05) is 41.3 Å². The average Bonchev–Trinajstić information content (AvgIpc) is 2.72. The first-order valence-corrected chi connectivity index (χ1v) is 9.82. The predicted molar refractivity (Wildman–Crippen MR) is 109 cm³/mol. The van der Waals surface area contributed by atoms with Crippen LogP contribution in [0.4, 0.5) is 0 Å². The van der Waals surface area contributed by atoms with Crippen molar-refractivity contribution in [2.75, 3.05) is 6.54 Å². The standard InChI is InChI=1S/C23H28N2O2/c1-3-15-25(21-7-5-6-8-22(21)26)23(27)19-12-10-18(11-13-19)20-14-9-17(4-2)16-24-20/h4,9-14,16,21-22,26H,2-3,5-8,15H2,1H3/t21-,22-/m1/s1. The first-order chi connectivity index (χ1) is 13.1. The Bertz CT molecular complexity index is 768. The molecule has 0 spiro atoms. The Morgan fingerprint density at radius 2 is 1.96 bits per heavy atom. The Balaban J connectivity index is 1.79. The lowest BCUT2D eigenvalue weighted by Crippen LogP contribution is -2.48. The molecular formula is C23H28N2O2. The highest BCUT2D eigenvalue weighted by atomic mass is 16.3. The highest BCUT2D eigenvalue weighted by Crippen LogP contribution is 2.26. The molecule has 1 saturated carbocycles. The molecule has 1 N–H and O–H groups in total. The zero-order chi connectivity index (χ0) is 19.2. The number of pyridine rings is 1. The van der Waals surface area contributed by atoms with Crippen molar-refractivity contribution < 1.29 is 9.90 Å². The van der Waals surface area contributed by atoms with E-state index in [-0.39, 0.29) is 11.9 Å². The zero-order valence-electron chi connectivity index (χ0n) is 16.0. The monoisotopic (exact) mass is 364 g/mol. The molecule has 3 rings (SSSR count). The van der Waals surface area contributed by atoms with Gasteiger partial charge in [-0.25, -0.2) is 0 Å². The molecular weight excluding hydrogens is 336 g/mol. The molecule has 27 heavy (non-hydrogen) atoms. The molecule has 0 saturated heterocycles. The van der Waals surface area contributed by atoms with Gasteiger partial charge in [0.2, 0.25) is 0 Å². The average molecular weight is 364 g/mol. The van der Waals surface area contributed by atoms with Gasteiger partial charge in [-0.1, -0.05) is 50.6 Å². The molecule has 1 aliphatic carbocycles. The van der Waals surface area contributed by atoms with E-state index in [0.717, 1.165) is 48.9 Å². The molecule has 0 bridgehead atoms. The Morgan fingerprint density at radius 3 is 2.56 bits per heavy atom. The maximum absolute atomic E-state index is 13.1. The number of nitrogens with zero attached hydrogens (tertiary/aromatic N) is 2. The van der Waals surface area contributed by atoms with Crippen LogP contribution in [0.2, 0.25) is 0 Å². The van der Waals surface area contributed by atoms with Gasteiger partial charge in [0.1, 0.15) is 0 Å². The molecule has 1 amide bonds. The van der Waals surface area contributed by atoms with Crippen molar-refractivity contribution in [3.05, 3.63) is 60.3 Å². The number of benzene rings is 1. The summed E-state index contributed by atoms with van der Waals surface area (Å²) in [5, 5.41) is 10.4. The van der Waals surface area contributed by atoms with Gasteiger partial charge < -0.3 is 10.0 Å². The molecule has 1 aliphatic rings. The number of carbonyl (C=O) groups is 1. The van der Waals surface area contributed by atoms with E-state index in [4.69, 9.17) is 0 Å². The molecule has 1 aromatic carbocycles. The summed E-state index contributed by atoms with van der Waals surface area (Å²) >= 11 is 0. The minimum atomic E-state index is -0.416. The van der Waals surface area contributed by atoms with Crippen molar-refractivity contribution in [2.45, 2.75) is 51.2 Å². The van der Waals surface area contributed by atoms with Gasteiger partial charge in [0.05, 0.1) is 17.8 Å². The van der Waals surface area contributed by atoms with Crippen molar-refractivity contribution in [1.29, 1.82) is 0 Å². The lowest BCUT2D eigenvalue weighted by Gasteiger charge is -2.37. The third kappa shape index (κ3) is 4.45. The minimum Gasteiger partial charge on any atom is -0.391 e. The molecule has 0 radical (unpaired) electrons. The fraction of sp³-hybridized carbons (Fsp3) is 0.391. The van der Waals surface area contributed by atoms with E-state index in [9.17, 15) is 9.90 Å². The molecule has 4 nitrogen and oxygen atoms in total. The van der Waals surface area contributed by atoms with E-state index < -0.39 is 6.10 Å². The lowest BCUT2D eigenvalue weighted by atomic mass is 9.90. The largest absolute Gasteiger partial charge is 0.391 e. The van der Waals surface area contributed by atoms with Crippen LogP contribution < -0.4 is 0 Å². The third-order valence-electron chi connectivity index (χ3n) is 5.27. The fourth-order valence-corrected chi connectivity index (χ4v) is 3.76. The van der Waals surface area contributed by atoms with Gasteiger partial charge in [0.15, 0.2) is 0 Å². The highest BCUT2D eigenvalue weighted by Gasteiger charge is 2.31. The number of amides is 1. The van der Waals surface area contributed by atoms with Crippen molar-refractivity contribution in [2.24, 2.45) is 0 Å². The predicted octanol–water partition coefficient (Wildman–Crippen LogP) is 4.55. The molecule has 0 unspecified atom stereocenters. The summed E-state index contributed by atoms with van der Waals surface area (Å²) in [7, 11) is 0. The smallest absolute Gasteiger partial charge is 0.254 e. The number of aromatic nitrogens is 1. The Labute approximate surface area is 161 Å². The van der Waals surface area contributed by atoms with Crippen LogP contribution in [0.3, 0.4) is 0 Å². The topological polar surface area (TPSA) is 53.4 Å². The normalized spacial score (nSPS) is 19.5. The second kappa shape index (κ2) is 8.96. The van der Waals surface area contributed by atoms with Gasteiger partial charge in [0.25, 0.3) is 5.91 Å². The molecule has 1 heterocycles. The van der Waals surface area contributed by atoms with Crippen LogP contribution in [0.15, 0.2) is 49.2 Å². The van der Waals surface area contributed by atoms with Crippen LogP contribution in [0.25, 0.3) is 17.3 Å². The van der Waals surface area contributed by atoms with Crippen molar-refractivity contribution >= 4 is 12.0 Å². The first-order valence-electron chi connectivity index (χ1n) is 9.82. The van der Waals surface area contributed by atoms with E-state index in [2.05, 4.69) is 18.5 Å². The Morgan fingerprint density at radius 1 is 1.22 bits per heavy atom. The van der Waals surface area contributed by atoms with Crippen LogP contribution in [-0.4, -0.2) is 39.6 Å². The van der Waals surface area contributed by atoms with Gasteiger partial charge in [-0.15, -0.1) is 0 Å². The van der Waals surface area contributed by atoms with Crippen LogP contribution in [0, 0.1) is 0 Å². The number of carbonyl (C=O) groups excluding carboxylic acids is 1. The summed E-state index contributed by atoms with van der Waals surface area (Å²) < 4.78 is 0. The molecule has 1 aromatic heterocycles. The lowest BCUT2D eigenvalue weighted by molar-refractivity contribution is 0.0178. The molecule has 2 aromatic rings. The fourth-order valence-electron chi connectivity index (χ4n) is 3.76. The van der Waals surface area contributed by atoms with Crippen LogP contribution >= 0.6 is 0 Å². The van der Waals surface area contributed by atoms with E-state index in [1.54, 1.807) is 12.3 Å². The maximum atomic E-state index is 13.1. The van der Waals surface area contributed by atoms with E-state index in [1.165, 1.54) is 0 Å². The molecule has 4 heteroatoms. The summed E-state index contributed by atoms with van der Waals surface area (Å²) in [5.74, 6) is 0.00399. The first kappa shape index (κ1) is 19.3. The number of aliphatic hydroxyl groups excluding tert-OH is 1. The summed E-state index contributed by atoms with van der Waals surface area (Å²) in [4.78, 5) is 19.4. The number of aliphatic hydroxyl groups is 1. The van der Waals surface area contributed by atoms with E-state index >= 15 is 0 Å². The van der Waals surface area contributed by atoms with Gasteiger partial charge in [0, 0.05) is 23.9 Å². The minimum absolute atomic E-state index is 0.00399. The number of hydrogen-bond donors (Lipinski definition) is 1. The van der Waals surface area contributed by atoms with Crippen molar-refractivity contribution in [3.8, 4) is 11.3 Å². The zero-order valence-corrected chi connectivity index (χ0v) is 16.0. The van der Waals surface area contributed by atoms with Crippen LogP contribution in [-0.2, 0) is 0 Å². The van der Waals surface area contributed by atoms with Crippen LogP contribution in [0.5, 0.6) is 0 Å². The van der Waals surface area contributed by atoms with E-state index in [0.29, 0.717) is 12.1 Å². The second-order valence-electron chi connectivity index (χ2n) is 7.18. The van der Waals surface area contributed by atoms with Gasteiger partial charge in [-0.3, -0.25) is 9.78 Å².